The van der Waals surface area contributed by atoms with Gasteiger partial charge in [-0.1, -0.05) is 18.2 Å². The van der Waals surface area contributed by atoms with Gasteiger partial charge in [-0.25, -0.2) is 8.42 Å². The van der Waals surface area contributed by atoms with Gasteiger partial charge < -0.3 is 5.32 Å². The van der Waals surface area contributed by atoms with Crippen molar-refractivity contribution in [1.29, 1.82) is 0 Å². The molecular formula is C16H16N4O3S3. The molecule has 0 spiro atoms. The van der Waals surface area contributed by atoms with E-state index in [1.165, 1.54) is 24.9 Å². The number of rotatable bonds is 6. The number of carbonyl (C=O) groups is 1. The lowest BCUT2D eigenvalue weighted by molar-refractivity contribution is -0.116. The fraction of sp³-hybridized carbons (Fsp3) is 0.188. The molecule has 1 heterocycles. The third-order valence-corrected chi connectivity index (χ3v) is 6.86. The number of thioether (sulfide) groups is 1. The van der Waals surface area contributed by atoms with Crippen molar-refractivity contribution in [2.24, 2.45) is 0 Å². The van der Waals surface area contributed by atoms with E-state index in [2.05, 4.69) is 14.1 Å². The largest absolute Gasteiger partial charge is 0.324 e. The minimum Gasteiger partial charge on any atom is -0.324 e. The fourth-order valence-corrected chi connectivity index (χ4v) is 4.81. The third-order valence-electron chi connectivity index (χ3n) is 3.68. The Morgan fingerprint density at radius 2 is 1.96 bits per heavy atom. The van der Waals surface area contributed by atoms with Crippen LogP contribution in [0, 0.1) is 0 Å². The maximum absolute atomic E-state index is 12.8. The summed E-state index contributed by atoms with van der Waals surface area (Å²) in [5.74, 6) is -0.416. The Kier molecular flexibility index (Phi) is 5.56. The molecule has 0 atom stereocenters. The van der Waals surface area contributed by atoms with Crippen LogP contribution in [0.3, 0.4) is 0 Å². The zero-order valence-electron chi connectivity index (χ0n) is 14.0. The summed E-state index contributed by atoms with van der Waals surface area (Å²) in [5.41, 5.74) is 1.49. The van der Waals surface area contributed by atoms with Crippen molar-refractivity contribution in [1.82, 2.24) is 13.1 Å². The number of carbonyl (C=O) groups excluding carboxylic acids is 1. The average Bonchev–Trinajstić information content (AvgIpc) is 3.10. The molecule has 1 aromatic heterocycles. The predicted octanol–water partition coefficient (Wildman–Crippen LogP) is 2.67. The first-order valence-electron chi connectivity index (χ1n) is 7.54. The summed E-state index contributed by atoms with van der Waals surface area (Å²) in [6.45, 7) is -0.307. The van der Waals surface area contributed by atoms with Crippen molar-refractivity contribution < 1.29 is 13.2 Å². The summed E-state index contributed by atoms with van der Waals surface area (Å²) >= 11 is 2.45. The van der Waals surface area contributed by atoms with E-state index in [1.54, 1.807) is 18.2 Å². The zero-order valence-corrected chi connectivity index (χ0v) is 16.5. The Hall–Kier alpha value is -2.01. The molecule has 0 radical (unpaired) electrons. The first-order chi connectivity index (χ1) is 12.4. The summed E-state index contributed by atoms with van der Waals surface area (Å²) < 4.78 is 34.8. The highest BCUT2D eigenvalue weighted by Crippen LogP contribution is 2.25. The Morgan fingerprint density at radius 3 is 2.73 bits per heavy atom. The predicted molar refractivity (Wildman–Crippen MR) is 104 cm³/mol. The molecular weight excluding hydrogens is 392 g/mol. The first kappa shape index (κ1) is 18.8. The van der Waals surface area contributed by atoms with Crippen molar-refractivity contribution in [2.45, 2.75) is 9.79 Å². The summed E-state index contributed by atoms with van der Waals surface area (Å²) in [5, 5.41) is 2.76. The molecule has 0 aliphatic rings. The number of nitrogens with zero attached hydrogens (tertiary/aromatic N) is 3. The maximum Gasteiger partial charge on any atom is 0.245 e. The lowest BCUT2D eigenvalue weighted by Gasteiger charge is -2.17. The second kappa shape index (κ2) is 7.70. The normalized spacial score (nSPS) is 11.8. The number of benzene rings is 2. The summed E-state index contributed by atoms with van der Waals surface area (Å²) in [7, 11) is -2.50. The van der Waals surface area contributed by atoms with E-state index >= 15 is 0 Å². The quantitative estimate of drug-likeness (QED) is 0.631. The van der Waals surface area contributed by atoms with E-state index in [0.29, 0.717) is 16.7 Å². The Bertz CT molecular complexity index is 1050. The molecule has 0 unspecified atom stereocenters. The number of sulfonamides is 1. The highest BCUT2D eigenvalue weighted by Gasteiger charge is 2.26. The minimum atomic E-state index is -3.87. The van der Waals surface area contributed by atoms with Crippen LogP contribution in [0.15, 0.2) is 52.3 Å². The van der Waals surface area contributed by atoms with Crippen molar-refractivity contribution in [3.63, 3.8) is 0 Å². The van der Waals surface area contributed by atoms with Gasteiger partial charge in [0.2, 0.25) is 15.9 Å². The van der Waals surface area contributed by atoms with Crippen LogP contribution >= 0.6 is 23.5 Å². The molecule has 136 valence electrons. The number of anilines is 1. The van der Waals surface area contributed by atoms with Gasteiger partial charge in [0.25, 0.3) is 0 Å². The van der Waals surface area contributed by atoms with Crippen LogP contribution in [0.25, 0.3) is 11.0 Å². The van der Waals surface area contributed by atoms with Crippen molar-refractivity contribution in [2.75, 3.05) is 25.2 Å². The second-order valence-electron chi connectivity index (χ2n) is 5.40. The van der Waals surface area contributed by atoms with Crippen LogP contribution in [-0.4, -0.2) is 47.2 Å². The maximum atomic E-state index is 12.8. The van der Waals surface area contributed by atoms with Gasteiger partial charge in [0, 0.05) is 11.9 Å². The van der Waals surface area contributed by atoms with Crippen LogP contribution in [0.1, 0.15) is 0 Å². The van der Waals surface area contributed by atoms with E-state index in [9.17, 15) is 13.2 Å². The standard InChI is InChI=1S/C16H16N4O3S3/c1-20(10-15(21)17-11-6-3-4-8-13(11)24-2)26(22,23)14-9-5-7-12-16(14)19-25-18-12/h3-9H,10H2,1-2H3,(H,17,21). The second-order valence-corrected chi connectivity index (χ2v) is 8.79. The first-order valence-corrected chi connectivity index (χ1v) is 10.9. The lowest BCUT2D eigenvalue weighted by atomic mass is 10.3. The number of fused-ring (bicyclic) bond motifs is 1. The molecule has 10 heteroatoms. The fourth-order valence-electron chi connectivity index (χ4n) is 2.38. The lowest BCUT2D eigenvalue weighted by Crippen LogP contribution is -2.35. The van der Waals surface area contributed by atoms with Gasteiger partial charge >= 0.3 is 0 Å². The van der Waals surface area contributed by atoms with Crippen LogP contribution in [0.5, 0.6) is 0 Å². The van der Waals surface area contributed by atoms with Crippen LogP contribution in [0.4, 0.5) is 5.69 Å². The molecule has 0 saturated carbocycles. The summed E-state index contributed by atoms with van der Waals surface area (Å²) in [4.78, 5) is 13.3. The number of hydrogen-bond acceptors (Lipinski definition) is 7. The molecule has 1 amide bonds. The van der Waals surface area contributed by atoms with Gasteiger partial charge in [0.1, 0.15) is 15.9 Å². The molecule has 7 nitrogen and oxygen atoms in total. The zero-order chi connectivity index (χ0) is 18.7. The Balaban J connectivity index is 1.79. The number of para-hydroxylation sites is 1. The van der Waals surface area contributed by atoms with E-state index in [-0.39, 0.29) is 11.4 Å². The molecule has 1 N–H and O–H groups in total. The molecule has 0 fully saturated rings. The van der Waals surface area contributed by atoms with Gasteiger partial charge in [-0.3, -0.25) is 4.79 Å². The van der Waals surface area contributed by atoms with Crippen molar-refractivity contribution in [3.8, 4) is 0 Å². The number of aromatic nitrogens is 2. The van der Waals surface area contributed by atoms with E-state index in [1.807, 2.05) is 24.5 Å². The summed E-state index contributed by atoms with van der Waals surface area (Å²) in [6, 6.07) is 12.1. The van der Waals surface area contributed by atoms with Crippen molar-refractivity contribution >= 4 is 56.1 Å². The highest BCUT2D eigenvalue weighted by molar-refractivity contribution is 7.98. The summed E-state index contributed by atoms with van der Waals surface area (Å²) in [6.07, 6.45) is 1.91. The van der Waals surface area contributed by atoms with Gasteiger partial charge in [-0.15, -0.1) is 11.8 Å². The van der Waals surface area contributed by atoms with Crippen LogP contribution < -0.4 is 5.32 Å². The molecule has 2 aromatic carbocycles. The van der Waals surface area contributed by atoms with Gasteiger partial charge in [0.15, 0.2) is 0 Å². The van der Waals surface area contributed by atoms with Gasteiger partial charge in [-0.05, 0) is 30.5 Å². The SMILES string of the molecule is CSc1ccccc1NC(=O)CN(C)S(=O)(=O)c1cccc2nsnc12. The highest BCUT2D eigenvalue weighted by atomic mass is 32.2. The third kappa shape index (κ3) is 3.73. The monoisotopic (exact) mass is 408 g/mol. The van der Waals surface area contributed by atoms with Gasteiger partial charge in [0.05, 0.1) is 24.0 Å². The topological polar surface area (TPSA) is 92.3 Å². The van der Waals surface area contributed by atoms with E-state index in [4.69, 9.17) is 0 Å². The van der Waals surface area contributed by atoms with Crippen LogP contribution in [0.2, 0.25) is 0 Å². The van der Waals surface area contributed by atoms with Gasteiger partial charge in [-0.2, -0.15) is 13.1 Å². The van der Waals surface area contributed by atoms with E-state index in [0.717, 1.165) is 20.9 Å². The average molecular weight is 409 g/mol. The minimum absolute atomic E-state index is 0.0450. The molecule has 0 saturated heterocycles. The molecule has 3 rings (SSSR count). The smallest absolute Gasteiger partial charge is 0.245 e. The molecule has 3 aromatic rings. The Labute approximate surface area is 159 Å². The molecule has 0 bridgehead atoms. The van der Waals surface area contributed by atoms with Crippen molar-refractivity contribution in [3.05, 3.63) is 42.5 Å². The molecule has 0 aliphatic heterocycles. The van der Waals surface area contributed by atoms with Crippen LogP contribution in [-0.2, 0) is 14.8 Å². The molecule has 26 heavy (non-hydrogen) atoms. The Morgan fingerprint density at radius 1 is 1.19 bits per heavy atom. The number of likely N-dealkylation sites (N-methyl/N-ethyl adjacent to an activating group) is 1. The van der Waals surface area contributed by atoms with E-state index < -0.39 is 15.9 Å². The molecule has 0 aliphatic carbocycles. The number of hydrogen-bond donors (Lipinski definition) is 1. The number of amides is 1. The number of nitrogens with one attached hydrogen (secondary N) is 1.